The summed E-state index contributed by atoms with van der Waals surface area (Å²) in [7, 11) is 1.66. The molecule has 2 aromatic rings. The van der Waals surface area contributed by atoms with Gasteiger partial charge in [0.15, 0.2) is 0 Å². The number of hydrogen-bond donors (Lipinski definition) is 1. The minimum absolute atomic E-state index is 0.0125. The molecule has 27 heavy (non-hydrogen) atoms. The molecule has 1 saturated carbocycles. The molecule has 4 rings (SSSR count). The number of hydrogen-bond acceptors (Lipinski definition) is 3. The van der Waals surface area contributed by atoms with E-state index in [4.69, 9.17) is 9.47 Å². The Hall–Kier alpha value is -2.33. The van der Waals surface area contributed by atoms with Gasteiger partial charge in [-0.25, -0.2) is 0 Å². The highest BCUT2D eigenvalue weighted by Crippen LogP contribution is 2.39. The van der Waals surface area contributed by atoms with Crippen molar-refractivity contribution in [2.75, 3.05) is 13.7 Å². The molecule has 4 heteroatoms. The molecule has 0 aromatic heterocycles. The van der Waals surface area contributed by atoms with E-state index in [0.29, 0.717) is 12.2 Å². The van der Waals surface area contributed by atoms with Crippen LogP contribution in [0.3, 0.4) is 0 Å². The van der Waals surface area contributed by atoms with Gasteiger partial charge in [-0.2, -0.15) is 0 Å². The van der Waals surface area contributed by atoms with Gasteiger partial charge in [0, 0.05) is 5.56 Å². The maximum atomic E-state index is 12.8. The van der Waals surface area contributed by atoms with Crippen molar-refractivity contribution < 1.29 is 14.3 Å². The number of carbonyl (C=O) groups excluding carboxylic acids is 1. The van der Waals surface area contributed by atoms with E-state index < -0.39 is 0 Å². The van der Waals surface area contributed by atoms with Crippen LogP contribution in [0.4, 0.5) is 0 Å². The Morgan fingerprint density at radius 3 is 2.59 bits per heavy atom. The molecule has 0 radical (unpaired) electrons. The third-order valence-electron chi connectivity index (χ3n) is 5.84. The second kappa shape index (κ2) is 7.73. The summed E-state index contributed by atoms with van der Waals surface area (Å²) < 4.78 is 11.4. The zero-order valence-corrected chi connectivity index (χ0v) is 15.9. The van der Waals surface area contributed by atoms with Crippen molar-refractivity contribution in [3.63, 3.8) is 0 Å². The average molecular weight is 365 g/mol. The maximum absolute atomic E-state index is 12.8. The monoisotopic (exact) mass is 365 g/mol. The quantitative estimate of drug-likeness (QED) is 0.862. The van der Waals surface area contributed by atoms with Gasteiger partial charge in [0.25, 0.3) is 5.91 Å². The zero-order chi connectivity index (χ0) is 18.7. The minimum Gasteiger partial charge on any atom is -0.497 e. The van der Waals surface area contributed by atoms with Crippen LogP contribution in [-0.2, 0) is 4.74 Å². The highest BCUT2D eigenvalue weighted by atomic mass is 16.5. The molecule has 1 amide bonds. The molecule has 1 spiro atoms. The predicted molar refractivity (Wildman–Crippen MR) is 106 cm³/mol. The average Bonchev–Trinajstić information content (AvgIpc) is 3.10. The summed E-state index contributed by atoms with van der Waals surface area (Å²) in [5.41, 5.74) is 2.74. The summed E-state index contributed by atoms with van der Waals surface area (Å²) in [4.78, 5) is 12.8. The number of rotatable bonds is 4. The number of amides is 1. The molecule has 0 bridgehead atoms. The van der Waals surface area contributed by atoms with Crippen molar-refractivity contribution in [3.8, 4) is 16.9 Å². The lowest BCUT2D eigenvalue weighted by atomic mass is 9.82. The number of ether oxygens (including phenoxy) is 2. The van der Waals surface area contributed by atoms with Crippen LogP contribution in [0.5, 0.6) is 5.75 Å². The second-order valence-electron chi connectivity index (χ2n) is 7.74. The van der Waals surface area contributed by atoms with Crippen LogP contribution in [0.1, 0.15) is 48.9 Å². The molecule has 1 saturated heterocycles. The molecule has 1 aliphatic heterocycles. The predicted octanol–water partition coefficient (Wildman–Crippen LogP) is 4.58. The zero-order valence-electron chi connectivity index (χ0n) is 15.9. The van der Waals surface area contributed by atoms with Crippen LogP contribution in [0.2, 0.25) is 0 Å². The summed E-state index contributed by atoms with van der Waals surface area (Å²) in [6.07, 6.45) is 6.98. The van der Waals surface area contributed by atoms with Gasteiger partial charge in [-0.3, -0.25) is 4.79 Å². The van der Waals surface area contributed by atoms with E-state index in [1.165, 1.54) is 19.3 Å². The summed E-state index contributed by atoms with van der Waals surface area (Å²) in [6, 6.07) is 15.7. The smallest absolute Gasteiger partial charge is 0.251 e. The van der Waals surface area contributed by atoms with Crippen molar-refractivity contribution in [1.29, 1.82) is 0 Å². The topological polar surface area (TPSA) is 47.6 Å². The maximum Gasteiger partial charge on any atom is 0.251 e. The molecule has 142 valence electrons. The minimum atomic E-state index is -0.0267. The Bertz CT molecular complexity index is 811. The second-order valence-corrected chi connectivity index (χ2v) is 7.74. The van der Waals surface area contributed by atoms with Gasteiger partial charge in [-0.15, -0.1) is 0 Å². The highest BCUT2D eigenvalue weighted by molar-refractivity contribution is 5.95. The number of nitrogens with one attached hydrogen (secondary N) is 1. The van der Waals surface area contributed by atoms with E-state index in [1.54, 1.807) is 7.11 Å². The third kappa shape index (κ3) is 4.01. The van der Waals surface area contributed by atoms with E-state index in [9.17, 15) is 4.79 Å². The molecule has 1 atom stereocenters. The first-order valence-corrected chi connectivity index (χ1v) is 9.87. The fourth-order valence-corrected chi connectivity index (χ4v) is 4.39. The first kappa shape index (κ1) is 18.1. The summed E-state index contributed by atoms with van der Waals surface area (Å²) >= 11 is 0. The van der Waals surface area contributed by atoms with Crippen molar-refractivity contribution >= 4 is 5.91 Å². The van der Waals surface area contributed by atoms with Gasteiger partial charge in [0.05, 0.1) is 25.4 Å². The van der Waals surface area contributed by atoms with Crippen LogP contribution in [0, 0.1) is 0 Å². The van der Waals surface area contributed by atoms with Crippen molar-refractivity contribution in [2.24, 2.45) is 0 Å². The Balaban J connectivity index is 1.45. The molecule has 1 N–H and O–H groups in total. The lowest BCUT2D eigenvalue weighted by Gasteiger charge is -2.32. The molecule has 4 nitrogen and oxygen atoms in total. The fraction of sp³-hybridized carbons (Fsp3) is 0.435. The van der Waals surface area contributed by atoms with Crippen molar-refractivity contribution in [3.05, 3.63) is 54.1 Å². The van der Waals surface area contributed by atoms with Gasteiger partial charge < -0.3 is 14.8 Å². The van der Waals surface area contributed by atoms with Gasteiger partial charge in [-0.1, -0.05) is 43.5 Å². The summed E-state index contributed by atoms with van der Waals surface area (Å²) in [5.74, 6) is 0.782. The highest BCUT2D eigenvalue weighted by Gasteiger charge is 2.41. The lowest BCUT2D eigenvalue weighted by molar-refractivity contribution is -0.0246. The van der Waals surface area contributed by atoms with Crippen LogP contribution in [-0.4, -0.2) is 31.3 Å². The Morgan fingerprint density at radius 2 is 1.81 bits per heavy atom. The number of benzene rings is 2. The van der Waals surface area contributed by atoms with E-state index in [1.807, 2.05) is 48.5 Å². The first-order valence-electron chi connectivity index (χ1n) is 9.87. The van der Waals surface area contributed by atoms with Crippen LogP contribution >= 0.6 is 0 Å². The molecular formula is C23H27NO3. The molecule has 1 unspecified atom stereocenters. The molecular weight excluding hydrogens is 338 g/mol. The SMILES string of the molecule is COc1cccc(-c2cccc(C(=O)NC3COC4(CCCCC4)C3)c2)c1. The van der Waals surface area contributed by atoms with Crippen molar-refractivity contribution in [1.82, 2.24) is 5.32 Å². The number of carbonyl (C=O) groups is 1. The lowest BCUT2D eigenvalue weighted by Crippen LogP contribution is -2.37. The van der Waals surface area contributed by atoms with Crippen LogP contribution < -0.4 is 10.1 Å². The molecule has 2 aliphatic rings. The molecule has 1 aliphatic carbocycles. The van der Waals surface area contributed by atoms with E-state index >= 15 is 0 Å². The standard InChI is InChI=1S/C23H27NO3/c1-26-21-10-6-8-18(14-21)17-7-5-9-19(13-17)22(25)24-20-15-23(27-16-20)11-3-2-4-12-23/h5-10,13-14,20H,2-4,11-12,15-16H2,1H3,(H,24,25). The van der Waals surface area contributed by atoms with Gasteiger partial charge in [0.2, 0.25) is 0 Å². The largest absolute Gasteiger partial charge is 0.497 e. The molecule has 2 aromatic carbocycles. The normalized spacial score (nSPS) is 21.1. The Morgan fingerprint density at radius 1 is 1.07 bits per heavy atom. The van der Waals surface area contributed by atoms with E-state index in [-0.39, 0.29) is 17.6 Å². The third-order valence-corrected chi connectivity index (χ3v) is 5.84. The van der Waals surface area contributed by atoms with Gasteiger partial charge in [-0.05, 0) is 54.7 Å². The Kier molecular flexibility index (Phi) is 5.17. The molecule has 1 heterocycles. The Labute approximate surface area is 160 Å². The van der Waals surface area contributed by atoms with Crippen LogP contribution in [0.15, 0.2) is 48.5 Å². The van der Waals surface area contributed by atoms with E-state index in [2.05, 4.69) is 5.32 Å². The van der Waals surface area contributed by atoms with Gasteiger partial charge >= 0.3 is 0 Å². The summed E-state index contributed by atoms with van der Waals surface area (Å²) in [5, 5.41) is 3.18. The van der Waals surface area contributed by atoms with E-state index in [0.717, 1.165) is 36.1 Å². The first-order chi connectivity index (χ1) is 13.2. The molecule has 2 fully saturated rings. The van der Waals surface area contributed by atoms with Gasteiger partial charge in [0.1, 0.15) is 5.75 Å². The van der Waals surface area contributed by atoms with Crippen LogP contribution in [0.25, 0.3) is 11.1 Å². The fourth-order valence-electron chi connectivity index (χ4n) is 4.39. The summed E-state index contributed by atoms with van der Waals surface area (Å²) in [6.45, 7) is 0.626. The number of methoxy groups -OCH3 is 1. The van der Waals surface area contributed by atoms with Crippen molar-refractivity contribution in [2.45, 2.75) is 50.2 Å².